The van der Waals surface area contributed by atoms with Gasteiger partial charge in [-0.15, -0.1) is 0 Å². The minimum atomic E-state index is -1.33. The van der Waals surface area contributed by atoms with E-state index in [0.717, 1.165) is 46.6 Å². The second-order valence-corrected chi connectivity index (χ2v) is 9.74. The molecule has 0 aromatic heterocycles. The fraction of sp³-hybridized carbons (Fsp3) is 0.200. The first-order chi connectivity index (χ1) is 17.1. The summed E-state index contributed by atoms with van der Waals surface area (Å²) in [6, 6.07) is 29.2. The topological polar surface area (TPSA) is 40.6 Å². The number of halogens is 1. The van der Waals surface area contributed by atoms with E-state index < -0.39 is 5.54 Å². The van der Waals surface area contributed by atoms with Crippen molar-refractivity contribution in [1.82, 2.24) is 9.80 Å². The standard InChI is InChI=1S/C30H25ClN2O2/c31-27-12-6-3-9-23(27)20-32-15-17-33(18-16-32)30(24-14-13-21-7-1-2-8-22(21)19-24)28(34)25-10-4-5-11-26(25)29(30)35/h1-14,19H,15-18,20H2. The molecule has 1 saturated heterocycles. The lowest BCUT2D eigenvalue weighted by atomic mass is 9.81. The Morgan fingerprint density at radius 2 is 1.29 bits per heavy atom. The molecule has 35 heavy (non-hydrogen) atoms. The summed E-state index contributed by atoms with van der Waals surface area (Å²) in [5.41, 5.74) is 1.55. The fourth-order valence-electron chi connectivity index (χ4n) is 5.63. The highest BCUT2D eigenvalue weighted by atomic mass is 35.5. The molecule has 4 aromatic rings. The number of fused-ring (bicyclic) bond motifs is 2. The maximum Gasteiger partial charge on any atom is 0.196 e. The van der Waals surface area contributed by atoms with Crippen LogP contribution in [0.3, 0.4) is 0 Å². The van der Waals surface area contributed by atoms with E-state index in [4.69, 9.17) is 11.6 Å². The van der Waals surface area contributed by atoms with Crippen molar-refractivity contribution in [1.29, 1.82) is 0 Å². The number of ketones is 2. The molecule has 0 N–H and O–H groups in total. The lowest BCUT2D eigenvalue weighted by Gasteiger charge is -2.44. The molecule has 4 aromatic carbocycles. The van der Waals surface area contributed by atoms with Crippen molar-refractivity contribution in [3.8, 4) is 0 Å². The van der Waals surface area contributed by atoms with E-state index in [1.165, 1.54) is 0 Å². The molecule has 0 spiro atoms. The Balaban J connectivity index is 1.38. The van der Waals surface area contributed by atoms with Crippen molar-refractivity contribution in [2.75, 3.05) is 26.2 Å². The second-order valence-electron chi connectivity index (χ2n) is 9.33. The van der Waals surface area contributed by atoms with E-state index in [-0.39, 0.29) is 11.6 Å². The monoisotopic (exact) mass is 480 g/mol. The first-order valence-corrected chi connectivity index (χ1v) is 12.4. The van der Waals surface area contributed by atoms with Crippen molar-refractivity contribution in [2.24, 2.45) is 0 Å². The minimum absolute atomic E-state index is 0.118. The Bertz CT molecular complexity index is 1420. The third kappa shape index (κ3) is 3.52. The molecule has 1 heterocycles. The predicted octanol–water partition coefficient (Wildman–Crippen LogP) is 5.59. The summed E-state index contributed by atoms with van der Waals surface area (Å²) in [5, 5.41) is 2.88. The van der Waals surface area contributed by atoms with Crippen LogP contribution in [0.5, 0.6) is 0 Å². The van der Waals surface area contributed by atoms with Gasteiger partial charge in [0, 0.05) is 48.9 Å². The number of carbonyl (C=O) groups is 2. The average Bonchev–Trinajstić information content (AvgIpc) is 3.13. The number of nitrogens with zero attached hydrogens (tertiary/aromatic N) is 2. The number of hydrogen-bond acceptors (Lipinski definition) is 4. The van der Waals surface area contributed by atoms with Crippen molar-refractivity contribution < 1.29 is 9.59 Å². The smallest absolute Gasteiger partial charge is 0.196 e. The van der Waals surface area contributed by atoms with Crippen molar-refractivity contribution in [3.63, 3.8) is 0 Å². The third-order valence-corrected chi connectivity index (χ3v) is 7.81. The van der Waals surface area contributed by atoms with Crippen LogP contribution in [0.15, 0.2) is 91.0 Å². The van der Waals surface area contributed by atoms with Gasteiger partial charge in [0.05, 0.1) is 0 Å². The van der Waals surface area contributed by atoms with Crippen LogP contribution < -0.4 is 0 Å². The molecule has 0 amide bonds. The number of Topliss-reactive ketones (excluding diaryl/α,β-unsaturated/α-hetero) is 2. The highest BCUT2D eigenvalue weighted by Crippen LogP contribution is 2.43. The van der Waals surface area contributed by atoms with Gasteiger partial charge in [-0.1, -0.05) is 90.5 Å². The molecule has 1 fully saturated rings. The quantitative estimate of drug-likeness (QED) is 0.357. The molecular weight excluding hydrogens is 456 g/mol. The summed E-state index contributed by atoms with van der Waals surface area (Å²) in [6.45, 7) is 3.47. The number of piperazine rings is 1. The molecule has 0 atom stereocenters. The Hall–Kier alpha value is -3.31. The van der Waals surface area contributed by atoms with Crippen molar-refractivity contribution in [2.45, 2.75) is 12.1 Å². The Morgan fingerprint density at radius 1 is 0.686 bits per heavy atom. The lowest BCUT2D eigenvalue weighted by Crippen LogP contribution is -2.60. The Kier molecular flexibility index (Phi) is 5.53. The second kappa shape index (κ2) is 8.72. The minimum Gasteiger partial charge on any atom is -0.296 e. The van der Waals surface area contributed by atoms with Gasteiger partial charge in [0.25, 0.3) is 0 Å². The SMILES string of the molecule is O=C1c2ccccc2C(=O)C1(c1ccc2ccccc2c1)N1CCN(Cc2ccccc2Cl)CC1. The van der Waals surface area contributed by atoms with Gasteiger partial charge in [0.2, 0.25) is 0 Å². The fourth-order valence-corrected chi connectivity index (χ4v) is 5.82. The zero-order chi connectivity index (χ0) is 24.0. The predicted molar refractivity (Wildman–Crippen MR) is 139 cm³/mol. The van der Waals surface area contributed by atoms with E-state index in [0.29, 0.717) is 24.2 Å². The Labute approximate surface area is 209 Å². The molecule has 174 valence electrons. The van der Waals surface area contributed by atoms with Crippen LogP contribution in [0.25, 0.3) is 10.8 Å². The zero-order valence-corrected chi connectivity index (χ0v) is 20.0. The van der Waals surface area contributed by atoms with E-state index in [1.54, 1.807) is 12.1 Å². The molecule has 0 bridgehead atoms. The Morgan fingerprint density at radius 3 is 1.97 bits per heavy atom. The summed E-state index contributed by atoms with van der Waals surface area (Å²) in [5.74, 6) is -0.235. The maximum atomic E-state index is 14.1. The number of hydrogen-bond donors (Lipinski definition) is 0. The molecule has 0 saturated carbocycles. The van der Waals surface area contributed by atoms with Gasteiger partial charge < -0.3 is 0 Å². The average molecular weight is 481 g/mol. The first kappa shape index (κ1) is 22.2. The number of carbonyl (C=O) groups excluding carboxylic acids is 2. The van der Waals surface area contributed by atoms with Crippen LogP contribution in [0, 0.1) is 0 Å². The lowest BCUT2D eigenvalue weighted by molar-refractivity contribution is 0.0279. The van der Waals surface area contributed by atoms with E-state index in [2.05, 4.69) is 9.80 Å². The largest absolute Gasteiger partial charge is 0.296 e. The molecule has 0 radical (unpaired) electrons. The highest BCUT2D eigenvalue weighted by molar-refractivity contribution is 6.33. The molecular formula is C30H25ClN2O2. The van der Waals surface area contributed by atoms with Gasteiger partial charge in [0.1, 0.15) is 0 Å². The highest BCUT2D eigenvalue weighted by Gasteiger charge is 2.58. The van der Waals surface area contributed by atoms with Crippen LogP contribution in [-0.4, -0.2) is 47.5 Å². The van der Waals surface area contributed by atoms with Crippen LogP contribution in [0.4, 0.5) is 0 Å². The van der Waals surface area contributed by atoms with Gasteiger partial charge in [-0.25, -0.2) is 0 Å². The van der Waals surface area contributed by atoms with Crippen molar-refractivity contribution >= 4 is 33.9 Å². The molecule has 5 heteroatoms. The number of benzene rings is 4. The summed E-state index contributed by atoms with van der Waals surface area (Å²) in [6.07, 6.45) is 0. The molecule has 1 aliphatic carbocycles. The summed E-state index contributed by atoms with van der Waals surface area (Å²) >= 11 is 6.39. The van der Waals surface area contributed by atoms with E-state index >= 15 is 0 Å². The molecule has 2 aliphatic rings. The molecule has 6 rings (SSSR count). The summed E-state index contributed by atoms with van der Waals surface area (Å²) < 4.78 is 0. The van der Waals surface area contributed by atoms with Gasteiger partial charge in [-0.05, 0) is 34.0 Å². The van der Waals surface area contributed by atoms with Crippen LogP contribution in [-0.2, 0) is 12.1 Å². The summed E-state index contributed by atoms with van der Waals surface area (Å²) in [4.78, 5) is 32.6. The van der Waals surface area contributed by atoms with Crippen LogP contribution in [0.1, 0.15) is 31.8 Å². The first-order valence-electron chi connectivity index (χ1n) is 12.0. The van der Waals surface area contributed by atoms with Gasteiger partial charge in [-0.2, -0.15) is 0 Å². The van der Waals surface area contributed by atoms with Gasteiger partial charge in [-0.3, -0.25) is 19.4 Å². The van der Waals surface area contributed by atoms with E-state index in [9.17, 15) is 9.59 Å². The molecule has 4 nitrogen and oxygen atoms in total. The van der Waals surface area contributed by atoms with E-state index in [1.807, 2.05) is 78.9 Å². The van der Waals surface area contributed by atoms with Gasteiger partial charge in [0.15, 0.2) is 17.1 Å². The molecule has 0 unspecified atom stereocenters. The van der Waals surface area contributed by atoms with Gasteiger partial charge >= 0.3 is 0 Å². The van der Waals surface area contributed by atoms with Crippen LogP contribution in [0.2, 0.25) is 5.02 Å². The van der Waals surface area contributed by atoms with Crippen molar-refractivity contribution in [3.05, 3.63) is 118 Å². The maximum absolute atomic E-state index is 14.1. The van der Waals surface area contributed by atoms with Crippen LogP contribution >= 0.6 is 11.6 Å². The summed E-state index contributed by atoms with van der Waals surface area (Å²) in [7, 11) is 0. The normalized spacial score (nSPS) is 18.2. The number of rotatable bonds is 4. The zero-order valence-electron chi connectivity index (χ0n) is 19.3. The third-order valence-electron chi connectivity index (χ3n) is 7.44. The molecule has 1 aliphatic heterocycles.